The molecule has 1 amide bonds. The van der Waals surface area contributed by atoms with E-state index in [0.717, 1.165) is 45.8 Å². The molecule has 2 aromatic rings. The van der Waals surface area contributed by atoms with Gasteiger partial charge in [-0.2, -0.15) is 0 Å². The number of rotatable bonds is 8. The van der Waals surface area contributed by atoms with E-state index in [1.165, 1.54) is 24.2 Å². The second-order valence-electron chi connectivity index (χ2n) is 8.83. The number of nitrogen functional groups attached to an aromatic ring is 1. The molecular formula is C26H28N4O2S. The Morgan fingerprint density at radius 2 is 2.18 bits per heavy atom. The fourth-order valence-electron chi connectivity index (χ4n) is 4.36. The Kier molecular flexibility index (Phi) is 6.00. The number of anilines is 1. The number of nitrogens with zero attached hydrogens (tertiary/aromatic N) is 3. The van der Waals surface area contributed by atoms with Gasteiger partial charge in [0.05, 0.1) is 10.6 Å². The van der Waals surface area contributed by atoms with Gasteiger partial charge in [0, 0.05) is 32.0 Å². The molecule has 2 N–H and O–H groups in total. The molecule has 0 bridgehead atoms. The Morgan fingerprint density at radius 3 is 2.94 bits per heavy atom. The van der Waals surface area contributed by atoms with E-state index in [-0.39, 0.29) is 12.0 Å². The monoisotopic (exact) mass is 460 g/mol. The van der Waals surface area contributed by atoms with Gasteiger partial charge in [-0.3, -0.25) is 9.79 Å². The SMILES string of the molecule is COC1C=CC=C2C(CCN(CC3CC3)C(=O)c3nc(N)sc3-c3cccc(C)c3)=CN=C21. The van der Waals surface area contributed by atoms with Crippen LogP contribution < -0.4 is 5.73 Å². The Morgan fingerprint density at radius 1 is 1.33 bits per heavy atom. The first kappa shape index (κ1) is 21.8. The lowest BCUT2D eigenvalue weighted by Gasteiger charge is -2.24. The third kappa shape index (κ3) is 4.56. The van der Waals surface area contributed by atoms with Crippen molar-refractivity contribution in [3.8, 4) is 10.4 Å². The molecule has 3 aliphatic rings. The quantitative estimate of drug-likeness (QED) is 0.614. The summed E-state index contributed by atoms with van der Waals surface area (Å²) in [5.74, 6) is 0.532. The van der Waals surface area contributed by atoms with Crippen LogP contribution in [0.4, 0.5) is 5.13 Å². The van der Waals surface area contributed by atoms with Crippen molar-refractivity contribution in [2.45, 2.75) is 32.3 Å². The second-order valence-corrected chi connectivity index (χ2v) is 9.86. The molecule has 1 saturated carbocycles. The zero-order chi connectivity index (χ0) is 22.9. The summed E-state index contributed by atoms with van der Waals surface area (Å²) in [5, 5.41) is 0.419. The molecule has 33 heavy (non-hydrogen) atoms. The molecule has 1 aliphatic heterocycles. The van der Waals surface area contributed by atoms with Crippen molar-refractivity contribution in [2.24, 2.45) is 10.9 Å². The standard InChI is InChI=1S/C26H28N4O2S/c1-16-5-3-6-18(13-16)24-23(29-26(27)33-24)25(31)30(15-17-9-10-17)12-11-19-14-28-22-20(19)7-4-8-21(22)32-2/h3-8,13-14,17,21H,9-12,15H2,1-2H3,(H2,27,29). The number of fused-ring (bicyclic) bond motifs is 1. The zero-order valence-electron chi connectivity index (χ0n) is 19.0. The van der Waals surface area contributed by atoms with Crippen molar-refractivity contribution in [1.29, 1.82) is 0 Å². The molecule has 5 rings (SSSR count). The number of hydrogen-bond donors (Lipinski definition) is 1. The van der Waals surface area contributed by atoms with Crippen LogP contribution in [0.15, 0.2) is 64.8 Å². The highest BCUT2D eigenvalue weighted by atomic mass is 32.1. The minimum absolute atomic E-state index is 0.0432. The topological polar surface area (TPSA) is 80.8 Å². The van der Waals surface area contributed by atoms with Crippen molar-refractivity contribution in [1.82, 2.24) is 9.88 Å². The van der Waals surface area contributed by atoms with E-state index in [2.05, 4.69) is 22.1 Å². The van der Waals surface area contributed by atoms with Crippen molar-refractivity contribution in [3.05, 3.63) is 71.1 Å². The summed E-state index contributed by atoms with van der Waals surface area (Å²) < 4.78 is 5.53. The number of carbonyl (C=O) groups excluding carboxylic acids is 1. The Hall–Kier alpha value is -3.03. The molecule has 1 fully saturated rings. The Labute approximate surface area is 198 Å². The van der Waals surface area contributed by atoms with Gasteiger partial charge in [0.1, 0.15) is 11.8 Å². The van der Waals surface area contributed by atoms with Gasteiger partial charge in [-0.05, 0) is 49.3 Å². The Balaban J connectivity index is 1.36. The summed E-state index contributed by atoms with van der Waals surface area (Å²) in [5.41, 5.74) is 11.9. The lowest BCUT2D eigenvalue weighted by Crippen LogP contribution is -2.35. The van der Waals surface area contributed by atoms with Crippen LogP contribution >= 0.6 is 11.3 Å². The molecule has 1 aromatic heterocycles. The molecule has 2 aliphatic carbocycles. The third-order valence-corrected chi connectivity index (χ3v) is 7.23. The van der Waals surface area contributed by atoms with Gasteiger partial charge in [0.15, 0.2) is 5.13 Å². The number of aromatic nitrogens is 1. The van der Waals surface area contributed by atoms with Gasteiger partial charge >= 0.3 is 0 Å². The number of amides is 1. The van der Waals surface area contributed by atoms with Crippen molar-refractivity contribution in [3.63, 3.8) is 0 Å². The molecule has 6 nitrogen and oxygen atoms in total. The Bertz CT molecular complexity index is 1200. The molecular weight excluding hydrogens is 432 g/mol. The normalized spacial score (nSPS) is 19.1. The maximum absolute atomic E-state index is 13.7. The van der Waals surface area contributed by atoms with E-state index < -0.39 is 0 Å². The maximum Gasteiger partial charge on any atom is 0.274 e. The number of allylic oxidation sites excluding steroid dienone is 2. The smallest absolute Gasteiger partial charge is 0.274 e. The first-order valence-corrected chi connectivity index (χ1v) is 12.2. The van der Waals surface area contributed by atoms with Gasteiger partial charge in [-0.25, -0.2) is 4.98 Å². The summed E-state index contributed by atoms with van der Waals surface area (Å²) in [6.07, 6.45) is 11.0. The number of thiazole rings is 1. The molecule has 0 radical (unpaired) electrons. The van der Waals surface area contributed by atoms with E-state index in [9.17, 15) is 4.79 Å². The molecule has 1 atom stereocenters. The lowest BCUT2D eigenvalue weighted by molar-refractivity contribution is 0.0745. The first-order valence-electron chi connectivity index (χ1n) is 11.3. The largest absolute Gasteiger partial charge is 0.375 e. The maximum atomic E-state index is 13.7. The second kappa shape index (κ2) is 9.08. The van der Waals surface area contributed by atoms with Crippen LogP contribution in [-0.2, 0) is 4.74 Å². The molecule has 0 spiro atoms. The van der Waals surface area contributed by atoms with E-state index in [4.69, 9.17) is 10.5 Å². The molecule has 2 heterocycles. The average molecular weight is 461 g/mol. The van der Waals surface area contributed by atoms with Crippen LogP contribution in [0.2, 0.25) is 0 Å². The van der Waals surface area contributed by atoms with Crippen LogP contribution in [0.25, 0.3) is 10.4 Å². The minimum Gasteiger partial charge on any atom is -0.375 e. The summed E-state index contributed by atoms with van der Waals surface area (Å²) >= 11 is 1.38. The number of aryl methyl sites for hydroxylation is 1. The van der Waals surface area contributed by atoms with Crippen LogP contribution in [0.1, 0.15) is 35.3 Å². The number of hydrogen-bond acceptors (Lipinski definition) is 6. The highest BCUT2D eigenvalue weighted by Crippen LogP contribution is 2.35. The molecule has 1 unspecified atom stereocenters. The van der Waals surface area contributed by atoms with Crippen molar-refractivity contribution in [2.75, 3.05) is 25.9 Å². The minimum atomic E-state index is -0.113. The number of aliphatic imine (C=N–C) groups is 1. The van der Waals surface area contributed by atoms with Gasteiger partial charge in [0.25, 0.3) is 5.91 Å². The van der Waals surface area contributed by atoms with Crippen molar-refractivity contribution < 1.29 is 9.53 Å². The summed E-state index contributed by atoms with van der Waals surface area (Å²) in [6.45, 7) is 3.42. The van der Waals surface area contributed by atoms with Gasteiger partial charge in [0.2, 0.25) is 0 Å². The highest BCUT2D eigenvalue weighted by Gasteiger charge is 2.31. The highest BCUT2D eigenvalue weighted by molar-refractivity contribution is 7.19. The fraction of sp³-hybridized carbons (Fsp3) is 0.346. The molecule has 1 aromatic carbocycles. The number of ether oxygens (including phenoxy) is 1. The van der Waals surface area contributed by atoms with Gasteiger partial charge in [-0.1, -0.05) is 53.3 Å². The van der Waals surface area contributed by atoms with E-state index in [0.29, 0.717) is 23.3 Å². The average Bonchev–Trinajstić information content (AvgIpc) is 3.41. The predicted molar refractivity (Wildman–Crippen MR) is 133 cm³/mol. The van der Waals surface area contributed by atoms with Crippen LogP contribution in [0, 0.1) is 12.8 Å². The summed E-state index contributed by atoms with van der Waals surface area (Å²) in [6, 6.07) is 8.14. The van der Waals surface area contributed by atoms with Crippen LogP contribution in [0.5, 0.6) is 0 Å². The number of nitrogens with two attached hydrogens (primary N) is 1. The van der Waals surface area contributed by atoms with Crippen LogP contribution in [-0.4, -0.2) is 47.8 Å². The number of methoxy groups -OCH3 is 1. The number of benzene rings is 1. The predicted octanol–water partition coefficient (Wildman–Crippen LogP) is 4.79. The molecule has 7 heteroatoms. The van der Waals surface area contributed by atoms with Crippen molar-refractivity contribution >= 4 is 28.1 Å². The van der Waals surface area contributed by atoms with E-state index in [1.54, 1.807) is 7.11 Å². The summed E-state index contributed by atoms with van der Waals surface area (Å²) in [7, 11) is 1.69. The molecule has 170 valence electrons. The third-order valence-electron chi connectivity index (χ3n) is 6.29. The fourth-order valence-corrected chi connectivity index (χ4v) is 5.18. The summed E-state index contributed by atoms with van der Waals surface area (Å²) in [4.78, 5) is 25.6. The van der Waals surface area contributed by atoms with E-state index in [1.807, 2.05) is 48.4 Å². The van der Waals surface area contributed by atoms with Gasteiger partial charge in [-0.15, -0.1) is 0 Å². The first-order chi connectivity index (χ1) is 16.0. The number of carbonyl (C=O) groups is 1. The van der Waals surface area contributed by atoms with E-state index >= 15 is 0 Å². The van der Waals surface area contributed by atoms with Crippen LogP contribution in [0.3, 0.4) is 0 Å². The zero-order valence-corrected chi connectivity index (χ0v) is 19.8. The molecule has 0 saturated heterocycles. The van der Waals surface area contributed by atoms with Gasteiger partial charge < -0.3 is 15.4 Å². The lowest BCUT2D eigenvalue weighted by atomic mass is 9.94.